The Hall–Kier alpha value is -1.82. The fourth-order valence-electron chi connectivity index (χ4n) is 3.99. The number of furan rings is 1. The van der Waals surface area contributed by atoms with E-state index in [1.165, 1.54) is 5.56 Å². The molecule has 0 atom stereocenters. The lowest BCUT2D eigenvalue weighted by Crippen LogP contribution is -2.57. The Morgan fingerprint density at radius 3 is 2.52 bits per heavy atom. The number of benzene rings is 1. The van der Waals surface area contributed by atoms with E-state index in [1.54, 1.807) is 6.07 Å². The number of halogens is 1. The van der Waals surface area contributed by atoms with Gasteiger partial charge in [0, 0.05) is 31.2 Å². The third-order valence-electron chi connectivity index (χ3n) is 5.57. The van der Waals surface area contributed by atoms with E-state index < -0.39 is 0 Å². The number of likely N-dealkylation sites (tertiary alicyclic amines) is 1. The molecule has 2 aliphatic heterocycles. The smallest absolute Gasteiger partial charge is 0.289 e. The van der Waals surface area contributed by atoms with Gasteiger partial charge in [-0.15, -0.1) is 0 Å². The van der Waals surface area contributed by atoms with E-state index in [-0.39, 0.29) is 11.5 Å². The Morgan fingerprint density at radius 2 is 1.85 bits per heavy atom. The van der Waals surface area contributed by atoms with Crippen LogP contribution in [0.2, 0.25) is 5.02 Å². The van der Waals surface area contributed by atoms with Gasteiger partial charge in [-0.2, -0.15) is 0 Å². The number of hydrogen-bond donors (Lipinski definition) is 0. The highest BCUT2D eigenvalue weighted by atomic mass is 35.5. The second-order valence-electron chi connectivity index (χ2n) is 7.57. The van der Waals surface area contributed by atoms with Gasteiger partial charge in [0.2, 0.25) is 0 Å². The molecule has 1 amide bonds. The number of ether oxygens (including phenoxy) is 1. The number of carbonyl (C=O) groups excluding carboxylic acids is 1. The maximum atomic E-state index is 12.7. The van der Waals surface area contributed by atoms with Crippen molar-refractivity contribution in [1.82, 2.24) is 9.80 Å². The van der Waals surface area contributed by atoms with Crippen LogP contribution in [0.15, 0.2) is 40.8 Å². The molecule has 2 aliphatic rings. The van der Waals surface area contributed by atoms with Crippen molar-refractivity contribution in [2.24, 2.45) is 0 Å². The van der Waals surface area contributed by atoms with E-state index in [0.717, 1.165) is 43.3 Å². The number of amides is 1. The second kappa shape index (κ2) is 7.66. The number of hydrogen-bond acceptors (Lipinski definition) is 4. The molecular formula is C21H25ClN2O3. The zero-order valence-electron chi connectivity index (χ0n) is 15.6. The predicted molar refractivity (Wildman–Crippen MR) is 104 cm³/mol. The first-order valence-electron chi connectivity index (χ1n) is 9.50. The standard InChI is InChI=1S/C21H25ClN2O3/c1-16-2-7-19(27-16)20(25)24-12-13-26-21(15-24)8-10-23(11-9-21)14-17-3-5-18(22)6-4-17/h2-7H,8-15H2,1H3. The van der Waals surface area contributed by atoms with Crippen molar-refractivity contribution >= 4 is 17.5 Å². The number of carbonyl (C=O) groups is 1. The number of piperidine rings is 1. The Kier molecular flexibility index (Phi) is 5.26. The minimum Gasteiger partial charge on any atom is -0.456 e. The molecule has 1 aromatic carbocycles. The maximum Gasteiger partial charge on any atom is 0.289 e. The first-order valence-corrected chi connectivity index (χ1v) is 9.87. The molecule has 2 saturated heterocycles. The summed E-state index contributed by atoms with van der Waals surface area (Å²) in [6.07, 6.45) is 1.86. The Labute approximate surface area is 164 Å². The van der Waals surface area contributed by atoms with Gasteiger partial charge in [0.15, 0.2) is 5.76 Å². The van der Waals surface area contributed by atoms with Crippen molar-refractivity contribution in [1.29, 1.82) is 0 Å². The fraction of sp³-hybridized carbons (Fsp3) is 0.476. The van der Waals surface area contributed by atoms with Crippen molar-refractivity contribution < 1.29 is 13.9 Å². The summed E-state index contributed by atoms with van der Waals surface area (Å²) in [6, 6.07) is 11.6. The van der Waals surface area contributed by atoms with Crippen LogP contribution in [0.5, 0.6) is 0 Å². The van der Waals surface area contributed by atoms with Crippen LogP contribution in [-0.4, -0.2) is 54.1 Å². The number of aryl methyl sites for hydroxylation is 1. The lowest BCUT2D eigenvalue weighted by Gasteiger charge is -2.47. The van der Waals surface area contributed by atoms with E-state index in [1.807, 2.05) is 30.0 Å². The Balaban J connectivity index is 1.35. The number of morpholine rings is 1. The van der Waals surface area contributed by atoms with Gasteiger partial charge in [0.05, 0.1) is 18.8 Å². The van der Waals surface area contributed by atoms with E-state index in [2.05, 4.69) is 17.0 Å². The highest BCUT2D eigenvalue weighted by Gasteiger charge is 2.41. The Bertz CT molecular complexity index is 794. The third-order valence-corrected chi connectivity index (χ3v) is 5.83. The molecule has 1 spiro atoms. The highest BCUT2D eigenvalue weighted by molar-refractivity contribution is 6.30. The first kappa shape index (κ1) is 18.5. The SMILES string of the molecule is Cc1ccc(C(=O)N2CCOC3(CCN(Cc4ccc(Cl)cc4)CC3)C2)o1. The minimum atomic E-state index is -0.230. The highest BCUT2D eigenvalue weighted by Crippen LogP contribution is 2.31. The average molecular weight is 389 g/mol. The van der Waals surface area contributed by atoms with Crippen molar-refractivity contribution in [3.63, 3.8) is 0 Å². The first-order chi connectivity index (χ1) is 13.0. The topological polar surface area (TPSA) is 45.9 Å². The van der Waals surface area contributed by atoms with Crippen LogP contribution in [0.3, 0.4) is 0 Å². The molecule has 3 heterocycles. The molecule has 0 radical (unpaired) electrons. The van der Waals surface area contributed by atoms with Crippen LogP contribution in [0.4, 0.5) is 0 Å². The van der Waals surface area contributed by atoms with Crippen LogP contribution in [0.25, 0.3) is 0 Å². The number of nitrogens with zero attached hydrogens (tertiary/aromatic N) is 2. The van der Waals surface area contributed by atoms with Crippen LogP contribution in [0, 0.1) is 6.92 Å². The molecule has 27 heavy (non-hydrogen) atoms. The van der Waals surface area contributed by atoms with E-state index in [4.69, 9.17) is 20.8 Å². The van der Waals surface area contributed by atoms with Gasteiger partial charge in [0.25, 0.3) is 5.91 Å². The van der Waals surface area contributed by atoms with Gasteiger partial charge in [-0.05, 0) is 49.6 Å². The fourth-order valence-corrected chi connectivity index (χ4v) is 4.12. The van der Waals surface area contributed by atoms with Gasteiger partial charge in [-0.1, -0.05) is 23.7 Å². The molecule has 0 saturated carbocycles. The van der Waals surface area contributed by atoms with Crippen LogP contribution < -0.4 is 0 Å². The minimum absolute atomic E-state index is 0.0330. The molecule has 5 nitrogen and oxygen atoms in total. The molecule has 2 aromatic rings. The van der Waals surface area contributed by atoms with E-state index in [9.17, 15) is 4.79 Å². The molecular weight excluding hydrogens is 364 g/mol. The summed E-state index contributed by atoms with van der Waals surface area (Å²) in [7, 11) is 0. The summed E-state index contributed by atoms with van der Waals surface area (Å²) in [5.74, 6) is 1.15. The molecule has 0 unspecified atom stereocenters. The van der Waals surface area contributed by atoms with Gasteiger partial charge >= 0.3 is 0 Å². The lowest BCUT2D eigenvalue weighted by molar-refractivity contribution is -0.128. The molecule has 6 heteroatoms. The van der Waals surface area contributed by atoms with Gasteiger partial charge < -0.3 is 14.1 Å². The van der Waals surface area contributed by atoms with Crippen molar-refractivity contribution in [3.8, 4) is 0 Å². The summed E-state index contributed by atoms with van der Waals surface area (Å²) >= 11 is 5.97. The average Bonchev–Trinajstić information content (AvgIpc) is 3.11. The summed E-state index contributed by atoms with van der Waals surface area (Å²) in [4.78, 5) is 17.1. The van der Waals surface area contributed by atoms with Crippen molar-refractivity contribution in [2.45, 2.75) is 31.9 Å². The summed E-state index contributed by atoms with van der Waals surface area (Å²) in [5, 5.41) is 0.767. The molecule has 144 valence electrons. The summed E-state index contributed by atoms with van der Waals surface area (Å²) < 4.78 is 11.7. The van der Waals surface area contributed by atoms with Gasteiger partial charge in [-0.25, -0.2) is 0 Å². The summed E-state index contributed by atoms with van der Waals surface area (Å²) in [6.45, 7) is 6.54. The number of rotatable bonds is 3. The molecule has 1 aromatic heterocycles. The molecule has 2 fully saturated rings. The van der Waals surface area contributed by atoms with Crippen molar-refractivity contribution in [2.75, 3.05) is 32.8 Å². The summed E-state index contributed by atoms with van der Waals surface area (Å²) in [5.41, 5.74) is 1.04. The third kappa shape index (κ3) is 4.21. The van der Waals surface area contributed by atoms with Crippen LogP contribution in [-0.2, 0) is 11.3 Å². The lowest BCUT2D eigenvalue weighted by atomic mass is 9.89. The predicted octanol–water partition coefficient (Wildman–Crippen LogP) is 3.75. The monoisotopic (exact) mass is 388 g/mol. The normalized spacial score (nSPS) is 20.1. The van der Waals surface area contributed by atoms with Crippen LogP contribution >= 0.6 is 11.6 Å². The molecule has 0 aliphatic carbocycles. The maximum absolute atomic E-state index is 12.7. The van der Waals surface area contributed by atoms with E-state index >= 15 is 0 Å². The second-order valence-corrected chi connectivity index (χ2v) is 8.01. The zero-order valence-corrected chi connectivity index (χ0v) is 16.4. The molecule has 0 N–H and O–H groups in total. The van der Waals surface area contributed by atoms with Crippen LogP contribution in [0.1, 0.15) is 34.7 Å². The molecule has 4 rings (SSSR count). The van der Waals surface area contributed by atoms with Gasteiger partial charge in [-0.3, -0.25) is 9.69 Å². The molecule has 0 bridgehead atoms. The quantitative estimate of drug-likeness (QED) is 0.803. The van der Waals surface area contributed by atoms with E-state index in [0.29, 0.717) is 25.5 Å². The van der Waals surface area contributed by atoms with Gasteiger partial charge in [0.1, 0.15) is 5.76 Å². The Morgan fingerprint density at radius 1 is 1.11 bits per heavy atom. The largest absolute Gasteiger partial charge is 0.456 e. The van der Waals surface area contributed by atoms with Crippen molar-refractivity contribution in [3.05, 3.63) is 58.5 Å². The zero-order chi connectivity index (χ0) is 18.9.